The molecule has 2 heterocycles. The monoisotopic (exact) mass is 287 g/mol. The first-order valence-corrected chi connectivity index (χ1v) is 7.48. The third-order valence-electron chi connectivity index (χ3n) is 4.00. The maximum Gasteiger partial charge on any atom is 0.246 e. The Kier molecular flexibility index (Phi) is 3.86. The van der Waals surface area contributed by atoms with Gasteiger partial charge in [0.1, 0.15) is 0 Å². The molecular weight excluding hydrogens is 266 g/mol. The molecule has 2 aliphatic heterocycles. The van der Waals surface area contributed by atoms with Crippen molar-refractivity contribution in [1.29, 1.82) is 0 Å². The number of carbonyl (C=O) groups is 1. The van der Waals surface area contributed by atoms with Gasteiger partial charge in [-0.05, 0) is 42.0 Å². The topological polar surface area (TPSA) is 38.8 Å². The quantitative estimate of drug-likeness (QED) is 0.785. The number of benzene rings is 1. The molecule has 21 heavy (non-hydrogen) atoms. The van der Waals surface area contributed by atoms with Gasteiger partial charge in [-0.25, -0.2) is 0 Å². The second kappa shape index (κ2) is 5.80. The molecular formula is C17H21NO3. The molecule has 1 fully saturated rings. The zero-order chi connectivity index (χ0) is 14.8. The average molecular weight is 287 g/mol. The van der Waals surface area contributed by atoms with Crippen LogP contribution in [0.25, 0.3) is 6.08 Å². The molecule has 0 N–H and O–H groups in total. The first-order valence-electron chi connectivity index (χ1n) is 7.48. The lowest BCUT2D eigenvalue weighted by Crippen LogP contribution is -2.41. The van der Waals surface area contributed by atoms with E-state index >= 15 is 0 Å². The predicted molar refractivity (Wildman–Crippen MR) is 81.1 cm³/mol. The standard InChI is InChI=1S/C17H21NO3/c1-12-7-13(2)10-18(9-12)17(19)6-4-14-3-5-15-16(8-14)21-11-20-15/h3-6,8,12-13H,7,9-11H2,1-2H3/b6-4+. The minimum atomic E-state index is 0.0890. The molecule has 4 nitrogen and oxygen atoms in total. The Hall–Kier alpha value is -1.97. The number of likely N-dealkylation sites (tertiary alicyclic amines) is 1. The molecule has 0 spiro atoms. The number of nitrogens with zero attached hydrogens (tertiary/aromatic N) is 1. The highest BCUT2D eigenvalue weighted by Gasteiger charge is 2.24. The minimum absolute atomic E-state index is 0.0890. The van der Waals surface area contributed by atoms with E-state index in [1.54, 1.807) is 6.08 Å². The van der Waals surface area contributed by atoms with Crippen molar-refractivity contribution in [3.63, 3.8) is 0 Å². The Balaban J connectivity index is 1.66. The maximum absolute atomic E-state index is 12.3. The Morgan fingerprint density at radius 2 is 1.90 bits per heavy atom. The first-order chi connectivity index (χ1) is 10.1. The lowest BCUT2D eigenvalue weighted by atomic mass is 9.92. The van der Waals surface area contributed by atoms with Gasteiger partial charge in [-0.15, -0.1) is 0 Å². The van der Waals surface area contributed by atoms with Gasteiger partial charge in [-0.2, -0.15) is 0 Å². The van der Waals surface area contributed by atoms with Crippen molar-refractivity contribution in [2.45, 2.75) is 20.3 Å². The van der Waals surface area contributed by atoms with Gasteiger partial charge in [-0.3, -0.25) is 4.79 Å². The average Bonchev–Trinajstić information content (AvgIpc) is 2.91. The summed E-state index contributed by atoms with van der Waals surface area (Å²) in [7, 11) is 0. The maximum atomic E-state index is 12.3. The summed E-state index contributed by atoms with van der Waals surface area (Å²) in [6.07, 6.45) is 4.70. The van der Waals surface area contributed by atoms with Crippen molar-refractivity contribution in [3.8, 4) is 11.5 Å². The Morgan fingerprint density at radius 3 is 2.67 bits per heavy atom. The molecule has 0 aromatic heterocycles. The Bertz CT molecular complexity index is 557. The van der Waals surface area contributed by atoms with Crippen LogP contribution in [-0.4, -0.2) is 30.7 Å². The number of rotatable bonds is 2. The fourth-order valence-electron chi connectivity index (χ4n) is 3.13. The first kappa shape index (κ1) is 14.0. The van der Waals surface area contributed by atoms with Crippen LogP contribution in [0.3, 0.4) is 0 Å². The van der Waals surface area contributed by atoms with Crippen LogP contribution in [0.2, 0.25) is 0 Å². The zero-order valence-electron chi connectivity index (χ0n) is 12.5. The lowest BCUT2D eigenvalue weighted by Gasteiger charge is -2.34. The summed E-state index contributed by atoms with van der Waals surface area (Å²) in [4.78, 5) is 14.2. The van der Waals surface area contributed by atoms with Crippen LogP contribution in [0.15, 0.2) is 24.3 Å². The van der Waals surface area contributed by atoms with E-state index in [1.807, 2.05) is 29.2 Å². The number of hydrogen-bond donors (Lipinski definition) is 0. The smallest absolute Gasteiger partial charge is 0.246 e. The molecule has 1 aromatic carbocycles. The minimum Gasteiger partial charge on any atom is -0.454 e. The van der Waals surface area contributed by atoms with Gasteiger partial charge in [0, 0.05) is 19.2 Å². The van der Waals surface area contributed by atoms with Crippen LogP contribution >= 0.6 is 0 Å². The van der Waals surface area contributed by atoms with Crippen LogP contribution in [0, 0.1) is 11.8 Å². The summed E-state index contributed by atoms with van der Waals surface area (Å²) >= 11 is 0. The van der Waals surface area contributed by atoms with E-state index < -0.39 is 0 Å². The van der Waals surface area contributed by atoms with Crippen molar-refractivity contribution in [2.24, 2.45) is 11.8 Å². The zero-order valence-corrected chi connectivity index (χ0v) is 12.5. The molecule has 0 aliphatic carbocycles. The van der Waals surface area contributed by atoms with E-state index in [0.29, 0.717) is 11.8 Å². The fourth-order valence-corrected chi connectivity index (χ4v) is 3.13. The Morgan fingerprint density at radius 1 is 1.19 bits per heavy atom. The number of amides is 1. The second-order valence-electron chi connectivity index (χ2n) is 6.14. The van der Waals surface area contributed by atoms with Gasteiger partial charge in [0.15, 0.2) is 11.5 Å². The van der Waals surface area contributed by atoms with Gasteiger partial charge < -0.3 is 14.4 Å². The van der Waals surface area contributed by atoms with Crippen molar-refractivity contribution < 1.29 is 14.3 Å². The molecule has 1 amide bonds. The van der Waals surface area contributed by atoms with Crippen LogP contribution in [0.4, 0.5) is 0 Å². The van der Waals surface area contributed by atoms with Gasteiger partial charge in [0.05, 0.1) is 0 Å². The van der Waals surface area contributed by atoms with Crippen LogP contribution in [0.5, 0.6) is 11.5 Å². The highest BCUT2D eigenvalue weighted by Crippen LogP contribution is 2.32. The highest BCUT2D eigenvalue weighted by atomic mass is 16.7. The summed E-state index contributed by atoms with van der Waals surface area (Å²) in [6, 6.07) is 5.70. The molecule has 1 aromatic rings. The summed E-state index contributed by atoms with van der Waals surface area (Å²) in [5.41, 5.74) is 0.950. The fraction of sp³-hybridized carbons (Fsp3) is 0.471. The molecule has 1 saturated heterocycles. The number of fused-ring (bicyclic) bond motifs is 1. The molecule has 2 aliphatic rings. The highest BCUT2D eigenvalue weighted by molar-refractivity contribution is 5.92. The second-order valence-corrected chi connectivity index (χ2v) is 6.14. The van der Waals surface area contributed by atoms with Gasteiger partial charge >= 0.3 is 0 Å². The van der Waals surface area contributed by atoms with Gasteiger partial charge in [-0.1, -0.05) is 19.9 Å². The third-order valence-corrected chi connectivity index (χ3v) is 4.00. The number of ether oxygens (including phenoxy) is 2. The molecule has 112 valence electrons. The molecule has 2 unspecified atom stereocenters. The molecule has 2 atom stereocenters. The molecule has 0 bridgehead atoms. The molecule has 4 heteroatoms. The van der Waals surface area contributed by atoms with Crippen LogP contribution < -0.4 is 9.47 Å². The molecule has 3 rings (SSSR count). The van der Waals surface area contributed by atoms with E-state index in [2.05, 4.69) is 13.8 Å². The predicted octanol–water partition coefficient (Wildman–Crippen LogP) is 2.93. The Labute approximate surface area is 125 Å². The van der Waals surface area contributed by atoms with E-state index in [0.717, 1.165) is 30.2 Å². The molecule has 0 saturated carbocycles. The van der Waals surface area contributed by atoms with Crippen LogP contribution in [0.1, 0.15) is 25.8 Å². The summed E-state index contributed by atoms with van der Waals surface area (Å²) in [5, 5.41) is 0. The van der Waals surface area contributed by atoms with Crippen LogP contribution in [-0.2, 0) is 4.79 Å². The lowest BCUT2D eigenvalue weighted by molar-refractivity contribution is -0.128. The van der Waals surface area contributed by atoms with Crippen molar-refractivity contribution >= 4 is 12.0 Å². The van der Waals surface area contributed by atoms with Crippen molar-refractivity contribution in [3.05, 3.63) is 29.8 Å². The SMILES string of the molecule is CC1CC(C)CN(C(=O)/C=C/c2ccc3c(c2)OCO3)C1. The third kappa shape index (κ3) is 3.20. The van der Waals surface area contributed by atoms with Gasteiger partial charge in [0.2, 0.25) is 12.7 Å². The number of piperidine rings is 1. The summed E-state index contributed by atoms with van der Waals surface area (Å²) in [6.45, 7) is 6.39. The summed E-state index contributed by atoms with van der Waals surface area (Å²) in [5.74, 6) is 2.75. The van der Waals surface area contributed by atoms with E-state index in [-0.39, 0.29) is 12.7 Å². The largest absolute Gasteiger partial charge is 0.454 e. The van der Waals surface area contributed by atoms with E-state index in [4.69, 9.17) is 9.47 Å². The van der Waals surface area contributed by atoms with Crippen molar-refractivity contribution in [2.75, 3.05) is 19.9 Å². The molecule has 0 radical (unpaired) electrons. The number of carbonyl (C=O) groups excluding carboxylic acids is 1. The van der Waals surface area contributed by atoms with E-state index in [1.165, 1.54) is 6.42 Å². The number of hydrogen-bond acceptors (Lipinski definition) is 3. The van der Waals surface area contributed by atoms with E-state index in [9.17, 15) is 4.79 Å². The summed E-state index contributed by atoms with van der Waals surface area (Å²) < 4.78 is 10.6. The van der Waals surface area contributed by atoms with Gasteiger partial charge in [0.25, 0.3) is 0 Å². The van der Waals surface area contributed by atoms with Crippen molar-refractivity contribution in [1.82, 2.24) is 4.90 Å². The normalized spacial score (nSPS) is 24.6.